The molecule has 0 amide bonds. The summed E-state index contributed by atoms with van der Waals surface area (Å²) in [4.78, 5) is 0. The molecule has 0 aromatic heterocycles. The Bertz CT molecular complexity index is 704. The van der Waals surface area contributed by atoms with Gasteiger partial charge in [0.15, 0.2) is 0 Å². The van der Waals surface area contributed by atoms with Crippen LogP contribution in [0.2, 0.25) is 0 Å². The number of nitrogens with one attached hydrogen (secondary N) is 1. The Balaban J connectivity index is 2.29. The first kappa shape index (κ1) is 15.1. The first-order valence-electron chi connectivity index (χ1n) is 6.93. The molecule has 0 aliphatic heterocycles. The van der Waals surface area contributed by atoms with Crippen LogP contribution in [0, 0.1) is 44.8 Å². The zero-order chi connectivity index (χ0) is 15.6. The van der Waals surface area contributed by atoms with E-state index in [1.165, 1.54) is 28.3 Å². The molecule has 0 fully saturated rings. The van der Waals surface area contributed by atoms with Crippen molar-refractivity contribution in [3.63, 3.8) is 0 Å². The molecule has 0 aliphatic rings. The fourth-order valence-electron chi connectivity index (χ4n) is 2.60. The van der Waals surface area contributed by atoms with Gasteiger partial charge in [0.2, 0.25) is 0 Å². The number of nitrogens with zero attached hydrogens (tertiary/aromatic N) is 1. The first-order valence-corrected chi connectivity index (χ1v) is 6.93. The van der Waals surface area contributed by atoms with Gasteiger partial charge in [-0.15, -0.1) is 0 Å². The van der Waals surface area contributed by atoms with E-state index in [1.54, 1.807) is 13.0 Å². The Morgan fingerprint density at radius 1 is 1.05 bits per heavy atom. The molecule has 1 N–H and O–H groups in total. The number of benzene rings is 2. The van der Waals surface area contributed by atoms with Crippen molar-refractivity contribution in [2.24, 2.45) is 0 Å². The lowest BCUT2D eigenvalue weighted by Gasteiger charge is -2.15. The molecule has 108 valence electrons. The molecular weight excluding hydrogens is 263 g/mol. The Hall–Kier alpha value is -2.34. The van der Waals surface area contributed by atoms with E-state index in [4.69, 9.17) is 5.26 Å². The molecule has 0 spiro atoms. The minimum Gasteiger partial charge on any atom is -0.381 e. The van der Waals surface area contributed by atoms with Gasteiger partial charge < -0.3 is 5.32 Å². The van der Waals surface area contributed by atoms with Gasteiger partial charge in [-0.25, -0.2) is 4.39 Å². The van der Waals surface area contributed by atoms with Gasteiger partial charge in [-0.05, 0) is 56.5 Å². The molecular formula is C18H19FN2. The molecule has 2 aromatic carbocycles. The third kappa shape index (κ3) is 3.22. The summed E-state index contributed by atoms with van der Waals surface area (Å²) in [6, 6.07) is 9.23. The standard InChI is InChI=1S/C18H19FN2/c1-11-5-12(2)16(13(3)6-11)10-21-18-8-15(9-20)7-17(19)14(18)4/h5-8,21H,10H2,1-4H3. The number of anilines is 1. The molecule has 2 rings (SSSR count). The topological polar surface area (TPSA) is 35.8 Å². The summed E-state index contributed by atoms with van der Waals surface area (Å²) < 4.78 is 13.8. The molecule has 3 heteroatoms. The number of rotatable bonds is 3. The van der Waals surface area contributed by atoms with Gasteiger partial charge >= 0.3 is 0 Å². The third-order valence-electron chi connectivity index (χ3n) is 3.77. The van der Waals surface area contributed by atoms with Crippen LogP contribution in [0.25, 0.3) is 0 Å². The van der Waals surface area contributed by atoms with Crippen LogP contribution in [0.15, 0.2) is 24.3 Å². The molecule has 2 nitrogen and oxygen atoms in total. The van der Waals surface area contributed by atoms with Crippen molar-refractivity contribution in [2.45, 2.75) is 34.2 Å². The van der Waals surface area contributed by atoms with Crippen molar-refractivity contribution < 1.29 is 4.39 Å². The van der Waals surface area contributed by atoms with E-state index in [0.717, 1.165) is 0 Å². The second kappa shape index (κ2) is 5.97. The lowest BCUT2D eigenvalue weighted by Crippen LogP contribution is -2.06. The lowest BCUT2D eigenvalue weighted by atomic mass is 9.99. The number of aryl methyl sites for hydroxylation is 3. The molecule has 0 saturated heterocycles. The molecule has 2 aromatic rings. The SMILES string of the molecule is Cc1cc(C)c(CNc2cc(C#N)cc(F)c2C)c(C)c1. The summed E-state index contributed by atoms with van der Waals surface area (Å²) in [5.41, 5.74) is 6.43. The molecule has 0 radical (unpaired) electrons. The predicted molar refractivity (Wildman–Crippen MR) is 83.8 cm³/mol. The minimum absolute atomic E-state index is 0.331. The smallest absolute Gasteiger partial charge is 0.129 e. The van der Waals surface area contributed by atoms with Crippen LogP contribution in [-0.2, 0) is 6.54 Å². The number of hydrogen-bond acceptors (Lipinski definition) is 2. The van der Waals surface area contributed by atoms with Crippen LogP contribution in [0.5, 0.6) is 0 Å². The molecule has 0 atom stereocenters. The summed E-state index contributed by atoms with van der Waals surface area (Å²) in [5, 5.41) is 12.2. The van der Waals surface area contributed by atoms with E-state index < -0.39 is 0 Å². The van der Waals surface area contributed by atoms with E-state index in [9.17, 15) is 4.39 Å². The summed E-state index contributed by atoms with van der Waals surface area (Å²) >= 11 is 0. The molecule has 0 heterocycles. The van der Waals surface area contributed by atoms with Gasteiger partial charge in [0, 0.05) is 17.8 Å². The van der Waals surface area contributed by atoms with Crippen molar-refractivity contribution in [3.8, 4) is 6.07 Å². The Kier molecular flexibility index (Phi) is 4.28. The second-order valence-electron chi connectivity index (χ2n) is 5.47. The Morgan fingerprint density at radius 3 is 2.24 bits per heavy atom. The summed E-state index contributed by atoms with van der Waals surface area (Å²) in [6.07, 6.45) is 0. The van der Waals surface area contributed by atoms with E-state index in [0.29, 0.717) is 23.4 Å². The van der Waals surface area contributed by atoms with Crippen LogP contribution in [-0.4, -0.2) is 0 Å². The summed E-state index contributed by atoms with van der Waals surface area (Å²) in [6.45, 7) is 8.57. The van der Waals surface area contributed by atoms with Crippen molar-refractivity contribution in [1.29, 1.82) is 5.26 Å². The maximum Gasteiger partial charge on any atom is 0.129 e. The highest BCUT2D eigenvalue weighted by molar-refractivity contribution is 5.56. The molecule has 0 aliphatic carbocycles. The molecule has 0 saturated carbocycles. The quantitative estimate of drug-likeness (QED) is 0.897. The number of nitriles is 1. The highest BCUT2D eigenvalue weighted by Gasteiger charge is 2.09. The van der Waals surface area contributed by atoms with Crippen molar-refractivity contribution in [2.75, 3.05) is 5.32 Å². The normalized spacial score (nSPS) is 10.3. The van der Waals surface area contributed by atoms with Crippen LogP contribution in [0.3, 0.4) is 0 Å². The largest absolute Gasteiger partial charge is 0.381 e. The first-order chi connectivity index (χ1) is 9.92. The number of halogens is 1. The zero-order valence-electron chi connectivity index (χ0n) is 12.8. The van der Waals surface area contributed by atoms with Gasteiger partial charge in [-0.3, -0.25) is 0 Å². The fraction of sp³-hybridized carbons (Fsp3) is 0.278. The highest BCUT2D eigenvalue weighted by atomic mass is 19.1. The summed E-state index contributed by atoms with van der Waals surface area (Å²) in [5.74, 6) is -0.353. The Labute approximate surface area is 125 Å². The van der Waals surface area contributed by atoms with Gasteiger partial charge in [-0.2, -0.15) is 5.26 Å². The average Bonchev–Trinajstić information content (AvgIpc) is 2.41. The Morgan fingerprint density at radius 2 is 1.67 bits per heavy atom. The van der Waals surface area contributed by atoms with Crippen LogP contribution >= 0.6 is 0 Å². The zero-order valence-corrected chi connectivity index (χ0v) is 12.8. The van der Waals surface area contributed by atoms with E-state index in [2.05, 4.69) is 38.2 Å². The fourth-order valence-corrected chi connectivity index (χ4v) is 2.60. The van der Waals surface area contributed by atoms with Gasteiger partial charge in [-0.1, -0.05) is 17.7 Å². The van der Waals surface area contributed by atoms with Crippen LogP contribution in [0.1, 0.15) is 33.4 Å². The highest BCUT2D eigenvalue weighted by Crippen LogP contribution is 2.23. The van der Waals surface area contributed by atoms with Crippen molar-refractivity contribution in [3.05, 3.63) is 63.5 Å². The van der Waals surface area contributed by atoms with E-state index in [1.807, 2.05) is 6.07 Å². The molecule has 0 unspecified atom stereocenters. The molecule has 21 heavy (non-hydrogen) atoms. The van der Waals surface area contributed by atoms with E-state index in [-0.39, 0.29) is 5.82 Å². The van der Waals surface area contributed by atoms with Crippen LogP contribution in [0.4, 0.5) is 10.1 Å². The molecule has 0 bridgehead atoms. The maximum atomic E-state index is 13.8. The monoisotopic (exact) mass is 282 g/mol. The third-order valence-corrected chi connectivity index (χ3v) is 3.77. The van der Waals surface area contributed by atoms with E-state index >= 15 is 0 Å². The van der Waals surface area contributed by atoms with Gasteiger partial charge in [0.25, 0.3) is 0 Å². The maximum absolute atomic E-state index is 13.8. The van der Waals surface area contributed by atoms with Crippen LogP contribution < -0.4 is 5.32 Å². The van der Waals surface area contributed by atoms with Crippen molar-refractivity contribution in [1.82, 2.24) is 0 Å². The number of hydrogen-bond donors (Lipinski definition) is 1. The predicted octanol–water partition coefficient (Wildman–Crippen LogP) is 4.54. The van der Waals surface area contributed by atoms with Crippen molar-refractivity contribution >= 4 is 5.69 Å². The average molecular weight is 282 g/mol. The van der Waals surface area contributed by atoms with Gasteiger partial charge in [0.1, 0.15) is 5.82 Å². The summed E-state index contributed by atoms with van der Waals surface area (Å²) in [7, 11) is 0. The second-order valence-corrected chi connectivity index (χ2v) is 5.47. The van der Waals surface area contributed by atoms with Gasteiger partial charge in [0.05, 0.1) is 11.6 Å². The minimum atomic E-state index is -0.353. The lowest BCUT2D eigenvalue weighted by molar-refractivity contribution is 0.618.